The second-order valence-electron chi connectivity index (χ2n) is 8.69. The van der Waals surface area contributed by atoms with Crippen LogP contribution in [0.5, 0.6) is 0 Å². The minimum Gasteiger partial charge on any atom is -0.348 e. The number of aromatic nitrogens is 3. The third-order valence-corrected chi connectivity index (χ3v) is 5.11. The Morgan fingerprint density at radius 1 is 1.03 bits per heavy atom. The molecule has 1 aromatic carbocycles. The number of anilines is 1. The number of benzene rings is 1. The molecule has 0 aliphatic heterocycles. The standard InChI is InChI=1S/C24H31N5O2/c1-14(2)21-11-19(20-13-26-29(16(5)6)22(20)28-21)24(31)25-12-17-7-9-18(10-8-17)27-23(30)15(3)4/h7-11,13-16H,12H2,1-6H3,(H,25,31)(H,27,30). The van der Waals surface area contributed by atoms with Gasteiger partial charge in [-0.2, -0.15) is 5.10 Å². The van der Waals surface area contributed by atoms with Crippen LogP contribution in [-0.4, -0.2) is 26.6 Å². The van der Waals surface area contributed by atoms with Crippen LogP contribution in [0.2, 0.25) is 0 Å². The highest BCUT2D eigenvalue weighted by Gasteiger charge is 2.19. The summed E-state index contributed by atoms with van der Waals surface area (Å²) in [6.45, 7) is 12.3. The normalized spacial score (nSPS) is 11.5. The van der Waals surface area contributed by atoms with Crippen LogP contribution in [0.3, 0.4) is 0 Å². The van der Waals surface area contributed by atoms with Gasteiger partial charge in [0.1, 0.15) is 0 Å². The predicted octanol–water partition coefficient (Wildman–Crippen LogP) is 4.66. The van der Waals surface area contributed by atoms with Crippen LogP contribution in [0.25, 0.3) is 11.0 Å². The highest BCUT2D eigenvalue weighted by atomic mass is 16.2. The van der Waals surface area contributed by atoms with Gasteiger partial charge in [0.25, 0.3) is 5.91 Å². The van der Waals surface area contributed by atoms with Crippen molar-refractivity contribution in [3.8, 4) is 0 Å². The molecule has 0 unspecified atom stereocenters. The van der Waals surface area contributed by atoms with Gasteiger partial charge >= 0.3 is 0 Å². The highest BCUT2D eigenvalue weighted by molar-refractivity contribution is 6.05. The maximum atomic E-state index is 13.0. The van der Waals surface area contributed by atoms with Crippen molar-refractivity contribution < 1.29 is 9.59 Å². The molecule has 3 aromatic rings. The molecule has 31 heavy (non-hydrogen) atoms. The molecule has 3 rings (SSSR count). The van der Waals surface area contributed by atoms with E-state index >= 15 is 0 Å². The zero-order valence-electron chi connectivity index (χ0n) is 19.1. The summed E-state index contributed by atoms with van der Waals surface area (Å²) in [7, 11) is 0. The molecule has 0 fully saturated rings. The SMILES string of the molecule is CC(C)C(=O)Nc1ccc(CNC(=O)c2cc(C(C)C)nc3c2cnn3C(C)C)cc1. The fourth-order valence-electron chi connectivity index (χ4n) is 3.17. The molecule has 0 radical (unpaired) electrons. The topological polar surface area (TPSA) is 88.9 Å². The van der Waals surface area contributed by atoms with Gasteiger partial charge in [0.2, 0.25) is 5.91 Å². The third kappa shape index (κ3) is 5.10. The summed E-state index contributed by atoms with van der Waals surface area (Å²) in [5.41, 5.74) is 3.87. The Kier molecular flexibility index (Phi) is 6.73. The summed E-state index contributed by atoms with van der Waals surface area (Å²) in [6, 6.07) is 9.49. The van der Waals surface area contributed by atoms with Gasteiger partial charge in [-0.1, -0.05) is 39.8 Å². The summed E-state index contributed by atoms with van der Waals surface area (Å²) in [4.78, 5) is 29.6. The molecule has 2 heterocycles. The zero-order chi connectivity index (χ0) is 22.7. The molecule has 0 saturated heterocycles. The molecule has 0 aliphatic rings. The first-order chi connectivity index (χ1) is 14.7. The van der Waals surface area contributed by atoms with Gasteiger partial charge in [-0.15, -0.1) is 0 Å². The number of fused-ring (bicyclic) bond motifs is 1. The number of amides is 2. The van der Waals surface area contributed by atoms with Crippen molar-refractivity contribution in [2.75, 3.05) is 5.32 Å². The molecule has 0 atom stereocenters. The Balaban J connectivity index is 1.78. The number of rotatable bonds is 7. The first kappa shape index (κ1) is 22.5. The summed E-state index contributed by atoms with van der Waals surface area (Å²) in [5.74, 6) is -0.0625. The second-order valence-corrected chi connectivity index (χ2v) is 8.69. The minimum absolute atomic E-state index is 0.0225. The maximum Gasteiger partial charge on any atom is 0.252 e. The minimum atomic E-state index is -0.158. The van der Waals surface area contributed by atoms with Crippen LogP contribution >= 0.6 is 0 Å². The fraction of sp³-hybridized carbons (Fsp3) is 0.417. The number of nitrogens with zero attached hydrogens (tertiary/aromatic N) is 3. The van der Waals surface area contributed by atoms with Crippen LogP contribution in [0.15, 0.2) is 36.5 Å². The van der Waals surface area contributed by atoms with Crippen molar-refractivity contribution in [3.05, 3.63) is 53.3 Å². The van der Waals surface area contributed by atoms with E-state index in [1.165, 1.54) is 0 Å². The zero-order valence-corrected chi connectivity index (χ0v) is 19.1. The average Bonchev–Trinajstić information content (AvgIpc) is 3.16. The van der Waals surface area contributed by atoms with Gasteiger partial charge in [0, 0.05) is 29.9 Å². The second kappa shape index (κ2) is 9.29. The lowest BCUT2D eigenvalue weighted by atomic mass is 10.0. The van der Waals surface area contributed by atoms with E-state index in [-0.39, 0.29) is 29.7 Å². The largest absolute Gasteiger partial charge is 0.348 e. The molecule has 2 N–H and O–H groups in total. The van der Waals surface area contributed by atoms with Gasteiger partial charge in [-0.3, -0.25) is 9.59 Å². The van der Waals surface area contributed by atoms with E-state index in [0.29, 0.717) is 12.1 Å². The number of pyridine rings is 1. The monoisotopic (exact) mass is 421 g/mol. The molecule has 0 bridgehead atoms. The van der Waals surface area contributed by atoms with E-state index in [0.717, 1.165) is 28.0 Å². The number of hydrogen-bond donors (Lipinski definition) is 2. The van der Waals surface area contributed by atoms with Crippen LogP contribution in [0, 0.1) is 5.92 Å². The van der Waals surface area contributed by atoms with Gasteiger partial charge in [-0.25, -0.2) is 9.67 Å². The molecule has 0 aliphatic carbocycles. The van der Waals surface area contributed by atoms with E-state index in [1.807, 2.05) is 62.7 Å². The molecule has 2 amide bonds. The highest BCUT2D eigenvalue weighted by Crippen LogP contribution is 2.24. The van der Waals surface area contributed by atoms with Crippen molar-refractivity contribution >= 4 is 28.5 Å². The molecule has 7 heteroatoms. The maximum absolute atomic E-state index is 13.0. The van der Waals surface area contributed by atoms with Gasteiger partial charge in [0.15, 0.2) is 5.65 Å². The third-order valence-electron chi connectivity index (χ3n) is 5.11. The van der Waals surface area contributed by atoms with Crippen molar-refractivity contribution in [2.45, 2.75) is 60.0 Å². The summed E-state index contributed by atoms with van der Waals surface area (Å²) in [5, 5.41) is 11.1. The van der Waals surface area contributed by atoms with Gasteiger partial charge in [0.05, 0.1) is 17.1 Å². The molecular weight excluding hydrogens is 390 g/mol. The Morgan fingerprint density at radius 2 is 1.71 bits per heavy atom. The molecule has 7 nitrogen and oxygen atoms in total. The first-order valence-electron chi connectivity index (χ1n) is 10.7. The van der Waals surface area contributed by atoms with Crippen LogP contribution in [-0.2, 0) is 11.3 Å². The lowest BCUT2D eigenvalue weighted by Gasteiger charge is -2.13. The lowest BCUT2D eigenvalue weighted by molar-refractivity contribution is -0.118. The smallest absolute Gasteiger partial charge is 0.252 e. The van der Waals surface area contributed by atoms with Gasteiger partial charge < -0.3 is 10.6 Å². The number of carbonyl (C=O) groups is 2. The number of carbonyl (C=O) groups excluding carboxylic acids is 2. The summed E-state index contributed by atoms with van der Waals surface area (Å²) >= 11 is 0. The number of nitrogens with one attached hydrogen (secondary N) is 2. The van der Waals surface area contributed by atoms with Crippen molar-refractivity contribution in [1.82, 2.24) is 20.1 Å². The van der Waals surface area contributed by atoms with Gasteiger partial charge in [-0.05, 0) is 43.5 Å². The Labute approximate surface area is 183 Å². The quantitative estimate of drug-likeness (QED) is 0.581. The van der Waals surface area contributed by atoms with Crippen molar-refractivity contribution in [1.29, 1.82) is 0 Å². The Morgan fingerprint density at radius 3 is 2.29 bits per heavy atom. The average molecular weight is 422 g/mol. The fourth-order valence-corrected chi connectivity index (χ4v) is 3.17. The first-order valence-corrected chi connectivity index (χ1v) is 10.7. The molecule has 164 valence electrons. The van der Waals surface area contributed by atoms with Crippen LogP contribution in [0.1, 0.15) is 75.1 Å². The predicted molar refractivity (Wildman–Crippen MR) is 123 cm³/mol. The Hall–Kier alpha value is -3.22. The molecule has 2 aromatic heterocycles. The van der Waals surface area contributed by atoms with Crippen LogP contribution in [0.4, 0.5) is 5.69 Å². The van der Waals surface area contributed by atoms with E-state index in [1.54, 1.807) is 6.20 Å². The number of hydrogen-bond acceptors (Lipinski definition) is 4. The molecular formula is C24H31N5O2. The van der Waals surface area contributed by atoms with Crippen molar-refractivity contribution in [2.24, 2.45) is 5.92 Å². The molecule has 0 spiro atoms. The molecule has 0 saturated carbocycles. The van der Waals surface area contributed by atoms with E-state index < -0.39 is 0 Å². The van der Waals surface area contributed by atoms with E-state index in [2.05, 4.69) is 29.6 Å². The Bertz CT molecular complexity index is 1080. The summed E-state index contributed by atoms with van der Waals surface area (Å²) < 4.78 is 1.85. The van der Waals surface area contributed by atoms with Crippen molar-refractivity contribution in [3.63, 3.8) is 0 Å². The van der Waals surface area contributed by atoms with E-state index in [4.69, 9.17) is 4.98 Å². The van der Waals surface area contributed by atoms with Crippen LogP contribution < -0.4 is 10.6 Å². The lowest BCUT2D eigenvalue weighted by Crippen LogP contribution is -2.23. The van der Waals surface area contributed by atoms with E-state index in [9.17, 15) is 9.59 Å². The summed E-state index contributed by atoms with van der Waals surface area (Å²) in [6.07, 6.45) is 1.72.